The van der Waals surface area contributed by atoms with Crippen molar-refractivity contribution in [1.82, 2.24) is 4.90 Å². The first-order chi connectivity index (χ1) is 11.1. The molecule has 4 nitrogen and oxygen atoms in total. The average molecular weight is 314 g/mol. The summed E-state index contributed by atoms with van der Waals surface area (Å²) in [5, 5.41) is 2.80. The summed E-state index contributed by atoms with van der Waals surface area (Å²) in [5.74, 6) is -0.616. The van der Waals surface area contributed by atoms with Crippen molar-refractivity contribution in [2.75, 3.05) is 32.1 Å². The standard InChI is InChI=1S/C18H19FN2O2/c1-21-10-11-23-17(12-21)13-4-8-16(9-5-13)20-18(22)14-2-6-15(19)7-3-14/h2-9,17H,10-12H2,1H3,(H,20,22). The van der Waals surface area contributed by atoms with Crippen LogP contribution in [0.5, 0.6) is 0 Å². The SMILES string of the molecule is CN1CCOC(c2ccc(NC(=O)c3ccc(F)cc3)cc2)C1. The molecule has 1 unspecified atom stereocenters. The van der Waals surface area contributed by atoms with Crippen LogP contribution in [0.4, 0.5) is 10.1 Å². The highest BCUT2D eigenvalue weighted by Gasteiger charge is 2.19. The lowest BCUT2D eigenvalue weighted by atomic mass is 10.1. The summed E-state index contributed by atoms with van der Waals surface area (Å²) in [5.41, 5.74) is 2.22. The number of rotatable bonds is 3. The zero-order valence-corrected chi connectivity index (χ0v) is 13.0. The molecular weight excluding hydrogens is 295 g/mol. The molecule has 1 fully saturated rings. The van der Waals surface area contributed by atoms with Crippen molar-refractivity contribution in [1.29, 1.82) is 0 Å². The first-order valence-corrected chi connectivity index (χ1v) is 7.59. The molecule has 2 aromatic carbocycles. The van der Waals surface area contributed by atoms with Gasteiger partial charge in [-0.05, 0) is 49.0 Å². The van der Waals surface area contributed by atoms with Gasteiger partial charge in [-0.25, -0.2) is 4.39 Å². The van der Waals surface area contributed by atoms with Crippen LogP contribution >= 0.6 is 0 Å². The molecule has 0 aromatic heterocycles. The zero-order chi connectivity index (χ0) is 16.2. The molecule has 0 aliphatic carbocycles. The minimum absolute atomic E-state index is 0.0654. The molecule has 2 aromatic rings. The normalized spacial score (nSPS) is 18.6. The van der Waals surface area contributed by atoms with Crippen molar-refractivity contribution in [3.05, 3.63) is 65.5 Å². The number of morpholine rings is 1. The molecule has 0 saturated carbocycles. The predicted octanol–water partition coefficient (Wildman–Crippen LogP) is 3.08. The number of hydrogen-bond acceptors (Lipinski definition) is 3. The van der Waals surface area contributed by atoms with E-state index >= 15 is 0 Å². The van der Waals surface area contributed by atoms with Gasteiger partial charge in [0.1, 0.15) is 5.82 Å². The lowest BCUT2D eigenvalue weighted by molar-refractivity contribution is -0.0208. The number of halogens is 1. The Labute approximate surface area is 134 Å². The second kappa shape index (κ2) is 6.89. The third-order valence-electron chi connectivity index (χ3n) is 3.92. The van der Waals surface area contributed by atoms with Gasteiger partial charge in [0.25, 0.3) is 5.91 Å². The Morgan fingerprint density at radius 1 is 1.17 bits per heavy atom. The lowest BCUT2D eigenvalue weighted by Gasteiger charge is -2.30. The predicted molar refractivity (Wildman–Crippen MR) is 87.0 cm³/mol. The summed E-state index contributed by atoms with van der Waals surface area (Å²) in [6, 6.07) is 13.1. The van der Waals surface area contributed by atoms with Crippen molar-refractivity contribution in [2.24, 2.45) is 0 Å². The molecule has 1 N–H and O–H groups in total. The maximum Gasteiger partial charge on any atom is 0.255 e. The average Bonchev–Trinajstić information content (AvgIpc) is 2.56. The van der Waals surface area contributed by atoms with Gasteiger partial charge < -0.3 is 15.0 Å². The summed E-state index contributed by atoms with van der Waals surface area (Å²) in [6.07, 6.45) is 0.0654. The van der Waals surface area contributed by atoms with E-state index in [1.165, 1.54) is 24.3 Å². The smallest absolute Gasteiger partial charge is 0.255 e. The molecule has 0 bridgehead atoms. The van der Waals surface area contributed by atoms with Crippen LogP contribution in [0.15, 0.2) is 48.5 Å². The van der Waals surface area contributed by atoms with E-state index in [2.05, 4.69) is 17.3 Å². The number of ether oxygens (including phenoxy) is 1. The van der Waals surface area contributed by atoms with Crippen LogP contribution < -0.4 is 5.32 Å². The van der Waals surface area contributed by atoms with Crippen LogP contribution in [0.25, 0.3) is 0 Å². The molecule has 120 valence electrons. The molecule has 3 rings (SSSR count). The lowest BCUT2D eigenvalue weighted by Crippen LogP contribution is -2.35. The number of hydrogen-bond donors (Lipinski definition) is 1. The second-order valence-electron chi connectivity index (χ2n) is 5.70. The number of carbonyl (C=O) groups is 1. The minimum atomic E-state index is -0.358. The molecule has 1 heterocycles. The highest BCUT2D eigenvalue weighted by Crippen LogP contribution is 2.23. The van der Waals surface area contributed by atoms with E-state index in [-0.39, 0.29) is 17.8 Å². The van der Waals surface area contributed by atoms with Crippen molar-refractivity contribution < 1.29 is 13.9 Å². The Kier molecular flexibility index (Phi) is 4.69. The third-order valence-corrected chi connectivity index (χ3v) is 3.92. The number of nitrogens with one attached hydrogen (secondary N) is 1. The van der Waals surface area contributed by atoms with Gasteiger partial charge in [0.15, 0.2) is 0 Å². The van der Waals surface area contributed by atoms with Gasteiger partial charge in [0, 0.05) is 24.3 Å². The van der Waals surface area contributed by atoms with Crippen LogP contribution in [0, 0.1) is 5.82 Å². The van der Waals surface area contributed by atoms with Gasteiger partial charge >= 0.3 is 0 Å². The maximum atomic E-state index is 12.9. The van der Waals surface area contributed by atoms with Crippen molar-refractivity contribution >= 4 is 11.6 Å². The van der Waals surface area contributed by atoms with Crippen molar-refractivity contribution in [2.45, 2.75) is 6.10 Å². The van der Waals surface area contributed by atoms with E-state index in [1.54, 1.807) is 0 Å². The van der Waals surface area contributed by atoms with Gasteiger partial charge in [0.2, 0.25) is 0 Å². The molecule has 1 aliphatic heterocycles. The molecule has 1 aliphatic rings. The maximum absolute atomic E-state index is 12.9. The van der Waals surface area contributed by atoms with Gasteiger partial charge in [-0.15, -0.1) is 0 Å². The second-order valence-corrected chi connectivity index (χ2v) is 5.70. The van der Waals surface area contributed by atoms with E-state index in [4.69, 9.17) is 4.74 Å². The van der Waals surface area contributed by atoms with Crippen LogP contribution in [-0.4, -0.2) is 37.6 Å². The number of carbonyl (C=O) groups excluding carboxylic acids is 1. The Hall–Kier alpha value is -2.24. The summed E-state index contributed by atoms with van der Waals surface area (Å²) in [6.45, 7) is 2.54. The summed E-state index contributed by atoms with van der Waals surface area (Å²) in [4.78, 5) is 14.3. The molecule has 1 atom stereocenters. The highest BCUT2D eigenvalue weighted by atomic mass is 19.1. The first-order valence-electron chi connectivity index (χ1n) is 7.59. The fraction of sp³-hybridized carbons (Fsp3) is 0.278. The van der Waals surface area contributed by atoms with Crippen molar-refractivity contribution in [3.8, 4) is 0 Å². The van der Waals surface area contributed by atoms with Crippen LogP contribution in [-0.2, 0) is 4.74 Å². The quantitative estimate of drug-likeness (QED) is 0.946. The summed E-state index contributed by atoms with van der Waals surface area (Å²) in [7, 11) is 2.08. The van der Waals surface area contributed by atoms with E-state index < -0.39 is 0 Å². The van der Waals surface area contributed by atoms with Crippen molar-refractivity contribution in [3.63, 3.8) is 0 Å². The van der Waals surface area contributed by atoms with Gasteiger partial charge in [-0.3, -0.25) is 4.79 Å². The first kappa shape index (κ1) is 15.6. The van der Waals surface area contributed by atoms with Crippen LogP contribution in [0.3, 0.4) is 0 Å². The largest absolute Gasteiger partial charge is 0.371 e. The number of anilines is 1. The van der Waals surface area contributed by atoms with E-state index in [0.29, 0.717) is 11.3 Å². The van der Waals surface area contributed by atoms with E-state index in [0.717, 1.165) is 25.3 Å². The molecule has 23 heavy (non-hydrogen) atoms. The zero-order valence-electron chi connectivity index (χ0n) is 13.0. The monoisotopic (exact) mass is 314 g/mol. The van der Waals surface area contributed by atoms with Crippen LogP contribution in [0.2, 0.25) is 0 Å². The summed E-state index contributed by atoms with van der Waals surface area (Å²) < 4.78 is 18.7. The highest BCUT2D eigenvalue weighted by molar-refractivity contribution is 6.04. The fourth-order valence-corrected chi connectivity index (χ4v) is 2.57. The Bertz CT molecular complexity index is 670. The molecule has 1 saturated heterocycles. The Balaban J connectivity index is 1.65. The Morgan fingerprint density at radius 3 is 2.52 bits per heavy atom. The molecule has 0 spiro atoms. The van der Waals surface area contributed by atoms with Gasteiger partial charge in [0.05, 0.1) is 12.7 Å². The topological polar surface area (TPSA) is 41.6 Å². The molecule has 0 radical (unpaired) electrons. The third kappa shape index (κ3) is 3.94. The van der Waals surface area contributed by atoms with Crippen LogP contribution in [0.1, 0.15) is 22.0 Å². The van der Waals surface area contributed by atoms with Gasteiger partial charge in [-0.2, -0.15) is 0 Å². The number of amides is 1. The molecule has 5 heteroatoms. The molecule has 1 amide bonds. The van der Waals surface area contributed by atoms with Gasteiger partial charge in [-0.1, -0.05) is 12.1 Å². The number of nitrogens with zero attached hydrogens (tertiary/aromatic N) is 1. The van der Waals surface area contributed by atoms with E-state index in [1.807, 2.05) is 24.3 Å². The fourth-order valence-electron chi connectivity index (χ4n) is 2.57. The number of benzene rings is 2. The Morgan fingerprint density at radius 2 is 1.87 bits per heavy atom. The minimum Gasteiger partial charge on any atom is -0.371 e. The molecular formula is C18H19FN2O2. The number of likely N-dealkylation sites (N-methyl/N-ethyl adjacent to an activating group) is 1. The summed E-state index contributed by atoms with van der Waals surface area (Å²) >= 11 is 0. The van der Waals surface area contributed by atoms with E-state index in [9.17, 15) is 9.18 Å².